The van der Waals surface area contributed by atoms with Crippen LogP contribution in [0, 0.1) is 0 Å². The van der Waals surface area contributed by atoms with Crippen molar-refractivity contribution >= 4 is 33.0 Å². The van der Waals surface area contributed by atoms with Gasteiger partial charge in [-0.2, -0.15) is 5.10 Å². The highest BCUT2D eigenvalue weighted by Gasteiger charge is 2.25. The number of nitrogens with two attached hydrogens (primary N) is 1. The van der Waals surface area contributed by atoms with Crippen molar-refractivity contribution in [2.24, 2.45) is 5.73 Å². The number of aromatic amines is 1. The van der Waals surface area contributed by atoms with E-state index < -0.39 is 6.04 Å². The van der Waals surface area contributed by atoms with Crippen molar-refractivity contribution in [1.29, 1.82) is 0 Å². The van der Waals surface area contributed by atoms with Crippen LogP contribution < -0.4 is 10.6 Å². The Morgan fingerprint density at radius 2 is 2.12 bits per heavy atom. The van der Waals surface area contributed by atoms with E-state index in [1.54, 1.807) is 17.5 Å². The Labute approximate surface area is 156 Å². The smallest absolute Gasteiger partial charge is 0.239 e. The molecule has 136 valence electrons. The number of rotatable bonds is 5. The Kier molecular flexibility index (Phi) is 4.90. The summed E-state index contributed by atoms with van der Waals surface area (Å²) in [5, 5.41) is 10.1. The van der Waals surface area contributed by atoms with Crippen molar-refractivity contribution in [2.75, 3.05) is 31.1 Å². The second kappa shape index (κ2) is 7.47. The third kappa shape index (κ3) is 3.45. The molecule has 1 fully saturated rings. The molecule has 1 aromatic carbocycles. The van der Waals surface area contributed by atoms with Crippen LogP contribution in [-0.4, -0.2) is 53.2 Å². The number of aryl methyl sites for hydroxylation is 1. The number of fused-ring (bicyclic) bond motifs is 1. The van der Waals surface area contributed by atoms with E-state index in [0.29, 0.717) is 6.42 Å². The molecule has 0 aliphatic carbocycles. The molecule has 3 N–H and O–H groups in total. The molecule has 0 radical (unpaired) electrons. The fourth-order valence-electron chi connectivity index (χ4n) is 3.52. The van der Waals surface area contributed by atoms with Gasteiger partial charge >= 0.3 is 0 Å². The quantitative estimate of drug-likeness (QED) is 0.723. The molecule has 3 aromatic rings. The number of carbonyl (C=O) groups excluding carboxylic acids is 1. The number of amides is 1. The van der Waals surface area contributed by atoms with Gasteiger partial charge in [-0.1, -0.05) is 6.07 Å². The number of piperazine rings is 1. The lowest BCUT2D eigenvalue weighted by Gasteiger charge is -2.37. The predicted molar refractivity (Wildman–Crippen MR) is 106 cm³/mol. The third-order valence-corrected chi connectivity index (χ3v) is 5.90. The highest BCUT2D eigenvalue weighted by molar-refractivity contribution is 7.17. The molecule has 1 aliphatic heterocycles. The SMILES string of the molecule is NC(CCc1cn[nH]c1)C(=O)N1CCN(c2cccc3sccc23)CC1. The molecule has 6 nitrogen and oxygen atoms in total. The van der Waals surface area contributed by atoms with Crippen LogP contribution in [0.1, 0.15) is 12.0 Å². The molecule has 4 rings (SSSR count). The first-order valence-corrected chi connectivity index (χ1v) is 9.83. The van der Waals surface area contributed by atoms with E-state index in [2.05, 4.69) is 44.7 Å². The van der Waals surface area contributed by atoms with Crippen LogP contribution in [0.2, 0.25) is 0 Å². The number of aromatic nitrogens is 2. The first-order valence-electron chi connectivity index (χ1n) is 8.95. The molecule has 1 amide bonds. The number of nitrogens with one attached hydrogen (secondary N) is 1. The van der Waals surface area contributed by atoms with E-state index in [4.69, 9.17) is 5.73 Å². The van der Waals surface area contributed by atoms with Crippen LogP contribution >= 0.6 is 11.3 Å². The van der Waals surface area contributed by atoms with E-state index >= 15 is 0 Å². The maximum absolute atomic E-state index is 12.6. The number of nitrogens with zero attached hydrogens (tertiary/aromatic N) is 3. The fourth-order valence-corrected chi connectivity index (χ4v) is 4.32. The first-order chi connectivity index (χ1) is 12.7. The average Bonchev–Trinajstić information content (AvgIpc) is 3.37. The van der Waals surface area contributed by atoms with Crippen molar-refractivity contribution < 1.29 is 4.79 Å². The van der Waals surface area contributed by atoms with Crippen molar-refractivity contribution in [2.45, 2.75) is 18.9 Å². The Morgan fingerprint density at radius 1 is 1.27 bits per heavy atom. The zero-order valence-corrected chi connectivity index (χ0v) is 15.4. The van der Waals surface area contributed by atoms with Crippen LogP contribution in [0.4, 0.5) is 5.69 Å². The van der Waals surface area contributed by atoms with Gasteiger partial charge in [0.1, 0.15) is 0 Å². The van der Waals surface area contributed by atoms with Crippen molar-refractivity contribution in [3.63, 3.8) is 0 Å². The van der Waals surface area contributed by atoms with Gasteiger partial charge < -0.3 is 15.5 Å². The fraction of sp³-hybridized carbons (Fsp3) is 0.368. The molecular weight excluding hydrogens is 346 g/mol. The number of benzene rings is 1. The highest BCUT2D eigenvalue weighted by atomic mass is 32.1. The van der Waals surface area contributed by atoms with Crippen LogP contribution in [0.5, 0.6) is 0 Å². The molecule has 7 heteroatoms. The number of carbonyl (C=O) groups is 1. The molecule has 1 unspecified atom stereocenters. The number of hydrogen-bond acceptors (Lipinski definition) is 5. The first kappa shape index (κ1) is 17.1. The minimum absolute atomic E-state index is 0.0573. The second-order valence-electron chi connectivity index (χ2n) is 6.67. The Morgan fingerprint density at radius 3 is 2.88 bits per heavy atom. The van der Waals surface area contributed by atoms with Crippen molar-refractivity contribution in [3.05, 3.63) is 47.6 Å². The molecule has 3 heterocycles. The summed E-state index contributed by atoms with van der Waals surface area (Å²) >= 11 is 1.76. The van der Waals surface area contributed by atoms with E-state index in [1.165, 1.54) is 15.8 Å². The van der Waals surface area contributed by atoms with E-state index in [9.17, 15) is 4.79 Å². The summed E-state index contributed by atoms with van der Waals surface area (Å²) in [5.74, 6) is 0.0573. The molecule has 1 saturated heterocycles. The van der Waals surface area contributed by atoms with Gasteiger partial charge in [0.05, 0.1) is 12.2 Å². The molecule has 1 atom stereocenters. The lowest BCUT2D eigenvalue weighted by Crippen LogP contribution is -2.53. The molecular formula is C19H23N5OS. The maximum atomic E-state index is 12.6. The Hall–Kier alpha value is -2.38. The summed E-state index contributed by atoms with van der Waals surface area (Å²) in [5.41, 5.74) is 8.49. The van der Waals surface area contributed by atoms with Gasteiger partial charge in [-0.3, -0.25) is 9.89 Å². The number of anilines is 1. The largest absolute Gasteiger partial charge is 0.367 e. The molecule has 0 spiro atoms. The molecule has 26 heavy (non-hydrogen) atoms. The topological polar surface area (TPSA) is 78.2 Å². The molecule has 2 aromatic heterocycles. The number of H-pyrrole nitrogens is 1. The zero-order chi connectivity index (χ0) is 17.9. The van der Waals surface area contributed by atoms with Gasteiger partial charge in [-0.25, -0.2) is 0 Å². The number of hydrogen-bond donors (Lipinski definition) is 2. The van der Waals surface area contributed by atoms with Crippen LogP contribution in [0.15, 0.2) is 42.0 Å². The highest BCUT2D eigenvalue weighted by Crippen LogP contribution is 2.31. The molecule has 0 saturated carbocycles. The predicted octanol–water partition coefficient (Wildman–Crippen LogP) is 2.23. The molecule has 1 aliphatic rings. The lowest BCUT2D eigenvalue weighted by molar-refractivity contribution is -0.133. The van der Waals surface area contributed by atoms with E-state index in [-0.39, 0.29) is 5.91 Å². The minimum Gasteiger partial charge on any atom is -0.367 e. The third-order valence-electron chi connectivity index (χ3n) is 5.02. The van der Waals surface area contributed by atoms with Gasteiger partial charge in [0.15, 0.2) is 0 Å². The summed E-state index contributed by atoms with van der Waals surface area (Å²) in [7, 11) is 0. The lowest BCUT2D eigenvalue weighted by atomic mass is 10.1. The van der Waals surface area contributed by atoms with Crippen molar-refractivity contribution in [3.8, 4) is 0 Å². The zero-order valence-electron chi connectivity index (χ0n) is 14.6. The van der Waals surface area contributed by atoms with Gasteiger partial charge in [0, 0.05) is 48.1 Å². The summed E-state index contributed by atoms with van der Waals surface area (Å²) < 4.78 is 1.31. The van der Waals surface area contributed by atoms with E-state index in [1.807, 2.05) is 11.1 Å². The van der Waals surface area contributed by atoms with Gasteiger partial charge in [-0.15, -0.1) is 11.3 Å². The minimum atomic E-state index is -0.447. The summed E-state index contributed by atoms with van der Waals surface area (Å²) in [4.78, 5) is 16.9. The summed E-state index contributed by atoms with van der Waals surface area (Å²) in [6, 6.07) is 8.17. The van der Waals surface area contributed by atoms with Crippen molar-refractivity contribution in [1.82, 2.24) is 15.1 Å². The standard InChI is InChI=1S/C19H23N5OS/c20-16(5-4-14-12-21-22-13-14)19(25)24-9-7-23(8-10-24)17-2-1-3-18-15(17)6-11-26-18/h1-3,6,11-13,16H,4-5,7-10,20H2,(H,21,22). The van der Waals surface area contributed by atoms with Crippen LogP contribution in [-0.2, 0) is 11.2 Å². The van der Waals surface area contributed by atoms with Gasteiger partial charge in [-0.05, 0) is 42.0 Å². The second-order valence-corrected chi connectivity index (χ2v) is 7.62. The van der Waals surface area contributed by atoms with Gasteiger partial charge in [0.2, 0.25) is 5.91 Å². The Bertz CT molecular complexity index is 867. The normalized spacial score (nSPS) is 16.2. The monoisotopic (exact) mass is 369 g/mol. The maximum Gasteiger partial charge on any atom is 0.239 e. The summed E-state index contributed by atoms with van der Waals surface area (Å²) in [6.45, 7) is 3.13. The Balaban J connectivity index is 1.34. The van der Waals surface area contributed by atoms with Gasteiger partial charge in [0.25, 0.3) is 0 Å². The molecule has 0 bridgehead atoms. The average molecular weight is 369 g/mol. The number of thiophene rings is 1. The van der Waals surface area contributed by atoms with Crippen LogP contribution in [0.25, 0.3) is 10.1 Å². The van der Waals surface area contributed by atoms with Crippen LogP contribution in [0.3, 0.4) is 0 Å². The van der Waals surface area contributed by atoms with E-state index in [0.717, 1.165) is 38.2 Å². The summed E-state index contributed by atoms with van der Waals surface area (Å²) in [6.07, 6.45) is 5.04.